The number of aryl methyl sites for hydroxylation is 2. The van der Waals surface area contributed by atoms with Crippen LogP contribution in [0.4, 0.5) is 0 Å². The van der Waals surface area contributed by atoms with E-state index in [4.69, 9.17) is 0 Å². The summed E-state index contributed by atoms with van der Waals surface area (Å²) >= 11 is 0. The van der Waals surface area contributed by atoms with Crippen LogP contribution in [-0.4, -0.2) is 30.6 Å². The molecule has 19 heavy (non-hydrogen) atoms. The zero-order chi connectivity index (χ0) is 13.8. The summed E-state index contributed by atoms with van der Waals surface area (Å²) in [6, 6.07) is 8.18. The van der Waals surface area contributed by atoms with Crippen LogP contribution >= 0.6 is 0 Å². The van der Waals surface area contributed by atoms with E-state index in [0.717, 1.165) is 6.54 Å². The Balaban J connectivity index is 2.10. The van der Waals surface area contributed by atoms with Crippen molar-refractivity contribution in [3.8, 4) is 0 Å². The first-order chi connectivity index (χ1) is 9.10. The molecule has 2 atom stereocenters. The summed E-state index contributed by atoms with van der Waals surface area (Å²) in [6.07, 6.45) is 4.05. The summed E-state index contributed by atoms with van der Waals surface area (Å²) in [7, 11) is 2.08. The van der Waals surface area contributed by atoms with Crippen LogP contribution in [0.25, 0.3) is 0 Å². The Morgan fingerprint density at radius 3 is 2.53 bits per heavy atom. The average Bonchev–Trinajstić information content (AvgIpc) is 2.37. The van der Waals surface area contributed by atoms with Crippen molar-refractivity contribution in [2.75, 3.05) is 13.6 Å². The summed E-state index contributed by atoms with van der Waals surface area (Å²) in [5.74, 6) is 0. The quantitative estimate of drug-likeness (QED) is 0.894. The molecule has 2 unspecified atom stereocenters. The van der Waals surface area contributed by atoms with Gasteiger partial charge in [-0.05, 0) is 52.8 Å². The van der Waals surface area contributed by atoms with E-state index < -0.39 is 0 Å². The van der Waals surface area contributed by atoms with Crippen molar-refractivity contribution in [2.24, 2.45) is 0 Å². The minimum absolute atomic E-state index is 0.575. The highest BCUT2D eigenvalue weighted by molar-refractivity contribution is 5.28. The molecule has 106 valence electrons. The highest BCUT2D eigenvalue weighted by Gasteiger charge is 2.26. The minimum atomic E-state index is 0.575. The fraction of sp³-hybridized carbons (Fsp3) is 0.647. The van der Waals surface area contributed by atoms with Crippen molar-refractivity contribution in [3.05, 3.63) is 34.9 Å². The molecule has 1 aliphatic rings. The lowest BCUT2D eigenvalue weighted by Gasteiger charge is -2.39. The van der Waals surface area contributed by atoms with Gasteiger partial charge in [0.05, 0.1) is 0 Å². The lowest BCUT2D eigenvalue weighted by atomic mass is 9.95. The van der Waals surface area contributed by atoms with Gasteiger partial charge in [0.1, 0.15) is 0 Å². The minimum Gasteiger partial charge on any atom is -0.316 e. The van der Waals surface area contributed by atoms with Crippen molar-refractivity contribution < 1.29 is 0 Å². The van der Waals surface area contributed by atoms with Gasteiger partial charge in [-0.2, -0.15) is 0 Å². The van der Waals surface area contributed by atoms with Gasteiger partial charge in [0, 0.05) is 18.6 Å². The Bertz CT molecular complexity index is 393. The van der Waals surface area contributed by atoms with Crippen molar-refractivity contribution >= 4 is 0 Å². The lowest BCUT2D eigenvalue weighted by molar-refractivity contribution is 0.114. The van der Waals surface area contributed by atoms with Crippen LogP contribution in [0, 0.1) is 13.8 Å². The Morgan fingerprint density at radius 1 is 1.21 bits per heavy atom. The molecule has 1 fully saturated rings. The molecule has 0 radical (unpaired) electrons. The molecule has 1 aromatic carbocycles. The molecule has 2 rings (SSSR count). The third kappa shape index (κ3) is 3.80. The smallest absolute Gasteiger partial charge is 0.0250 e. The zero-order valence-electron chi connectivity index (χ0n) is 12.9. The van der Waals surface area contributed by atoms with Gasteiger partial charge in [-0.15, -0.1) is 0 Å². The SMILES string of the molecule is CNC(C)C1CCCCN1Cc1cc(C)cc(C)c1. The summed E-state index contributed by atoms with van der Waals surface area (Å²) < 4.78 is 0. The molecule has 1 heterocycles. The maximum atomic E-state index is 3.43. The molecule has 1 aliphatic heterocycles. The summed E-state index contributed by atoms with van der Waals surface area (Å²) in [5.41, 5.74) is 4.23. The molecule has 0 aliphatic carbocycles. The number of hydrogen-bond donors (Lipinski definition) is 1. The second-order valence-electron chi connectivity index (χ2n) is 6.11. The maximum Gasteiger partial charge on any atom is 0.0250 e. The normalized spacial score (nSPS) is 22.4. The second-order valence-corrected chi connectivity index (χ2v) is 6.11. The van der Waals surface area contributed by atoms with Crippen LogP contribution in [0.2, 0.25) is 0 Å². The van der Waals surface area contributed by atoms with Gasteiger partial charge < -0.3 is 5.32 Å². The summed E-state index contributed by atoms with van der Waals surface area (Å²) in [4.78, 5) is 2.67. The van der Waals surface area contributed by atoms with E-state index >= 15 is 0 Å². The predicted molar refractivity (Wildman–Crippen MR) is 82.5 cm³/mol. The maximum absolute atomic E-state index is 3.43. The molecule has 2 heteroatoms. The fourth-order valence-corrected chi connectivity index (χ4v) is 3.37. The highest BCUT2D eigenvalue weighted by Crippen LogP contribution is 2.22. The first-order valence-electron chi connectivity index (χ1n) is 7.58. The van der Waals surface area contributed by atoms with Gasteiger partial charge >= 0.3 is 0 Å². The molecule has 0 bridgehead atoms. The molecule has 1 saturated heterocycles. The number of nitrogens with one attached hydrogen (secondary N) is 1. The number of nitrogens with zero attached hydrogens (tertiary/aromatic N) is 1. The molecule has 1 N–H and O–H groups in total. The topological polar surface area (TPSA) is 15.3 Å². The van der Waals surface area contributed by atoms with Crippen LogP contribution < -0.4 is 5.32 Å². The van der Waals surface area contributed by atoms with Crippen LogP contribution in [0.1, 0.15) is 42.9 Å². The van der Waals surface area contributed by atoms with E-state index in [-0.39, 0.29) is 0 Å². The predicted octanol–water partition coefficient (Wildman–Crippen LogP) is 3.27. The monoisotopic (exact) mass is 260 g/mol. The van der Waals surface area contributed by atoms with Crippen molar-refractivity contribution in [1.82, 2.24) is 10.2 Å². The molecule has 1 aromatic rings. The summed E-state index contributed by atoms with van der Waals surface area (Å²) in [5, 5.41) is 3.43. The van der Waals surface area contributed by atoms with Crippen LogP contribution in [-0.2, 0) is 6.54 Å². The van der Waals surface area contributed by atoms with Gasteiger partial charge in [0.2, 0.25) is 0 Å². The van der Waals surface area contributed by atoms with Gasteiger partial charge in [0.15, 0.2) is 0 Å². The molecule has 0 spiro atoms. The van der Waals surface area contributed by atoms with Gasteiger partial charge in [-0.25, -0.2) is 0 Å². The van der Waals surface area contributed by atoms with Crippen LogP contribution in [0.5, 0.6) is 0 Å². The fourth-order valence-electron chi connectivity index (χ4n) is 3.37. The van der Waals surface area contributed by atoms with E-state index in [1.165, 1.54) is 42.5 Å². The second kappa shape index (κ2) is 6.53. The molecular formula is C17H28N2. The molecule has 2 nitrogen and oxygen atoms in total. The lowest BCUT2D eigenvalue weighted by Crippen LogP contribution is -2.49. The van der Waals surface area contributed by atoms with E-state index in [9.17, 15) is 0 Å². The Labute approximate surface area is 118 Å². The first-order valence-corrected chi connectivity index (χ1v) is 7.58. The van der Waals surface area contributed by atoms with Crippen LogP contribution in [0.3, 0.4) is 0 Å². The number of benzene rings is 1. The van der Waals surface area contributed by atoms with Gasteiger partial charge in [0.25, 0.3) is 0 Å². The van der Waals surface area contributed by atoms with Gasteiger partial charge in [-0.1, -0.05) is 35.7 Å². The van der Waals surface area contributed by atoms with Crippen molar-refractivity contribution in [3.63, 3.8) is 0 Å². The van der Waals surface area contributed by atoms with E-state index in [2.05, 4.69) is 56.2 Å². The van der Waals surface area contributed by atoms with Gasteiger partial charge in [-0.3, -0.25) is 4.90 Å². The number of rotatable bonds is 4. The molecular weight excluding hydrogens is 232 g/mol. The number of likely N-dealkylation sites (tertiary alicyclic amines) is 1. The Morgan fingerprint density at radius 2 is 1.89 bits per heavy atom. The zero-order valence-corrected chi connectivity index (χ0v) is 12.9. The third-order valence-electron chi connectivity index (χ3n) is 4.36. The highest BCUT2D eigenvalue weighted by atomic mass is 15.2. The average molecular weight is 260 g/mol. The Hall–Kier alpha value is -0.860. The molecule has 0 aromatic heterocycles. The molecule has 0 saturated carbocycles. The number of hydrogen-bond acceptors (Lipinski definition) is 2. The third-order valence-corrected chi connectivity index (χ3v) is 4.36. The Kier molecular flexibility index (Phi) is 5.00. The molecule has 0 amide bonds. The van der Waals surface area contributed by atoms with E-state index in [1.807, 2.05) is 0 Å². The number of piperidine rings is 1. The summed E-state index contributed by atoms with van der Waals surface area (Å²) in [6.45, 7) is 9.04. The largest absolute Gasteiger partial charge is 0.316 e. The van der Waals surface area contributed by atoms with Crippen LogP contribution in [0.15, 0.2) is 18.2 Å². The van der Waals surface area contributed by atoms with Crippen molar-refractivity contribution in [1.29, 1.82) is 0 Å². The van der Waals surface area contributed by atoms with Crippen molar-refractivity contribution in [2.45, 2.75) is 58.7 Å². The van der Waals surface area contributed by atoms with E-state index in [1.54, 1.807) is 0 Å². The van der Waals surface area contributed by atoms with E-state index in [0.29, 0.717) is 12.1 Å². The first kappa shape index (κ1) is 14.5. The standard InChI is InChI=1S/C17H28N2/c1-13-9-14(2)11-16(10-13)12-19-8-6-5-7-17(19)15(3)18-4/h9-11,15,17-18H,5-8,12H2,1-4H3. The number of likely N-dealkylation sites (N-methyl/N-ethyl adjacent to an activating group) is 1.